The summed E-state index contributed by atoms with van der Waals surface area (Å²) in [6.45, 7) is 1.20. The van der Waals surface area contributed by atoms with Gasteiger partial charge in [-0.1, -0.05) is 53.7 Å². The molecule has 0 radical (unpaired) electrons. The maximum Gasteiger partial charge on any atom is 0.185 e. The molecule has 3 aromatic rings. The normalized spacial score (nSPS) is 10.3. The van der Waals surface area contributed by atoms with Gasteiger partial charge in [-0.05, 0) is 30.5 Å². The lowest BCUT2D eigenvalue weighted by Crippen LogP contribution is -2.09. The quantitative estimate of drug-likeness (QED) is 0.628. The van der Waals surface area contributed by atoms with Gasteiger partial charge in [0.25, 0.3) is 0 Å². The first-order valence-electron chi connectivity index (χ1n) is 7.91. The van der Waals surface area contributed by atoms with Gasteiger partial charge in [0.05, 0.1) is 18.8 Å². The average molecular weight is 318 g/mol. The lowest BCUT2D eigenvalue weighted by molar-refractivity contribution is 0.309. The van der Waals surface area contributed by atoms with Crippen molar-refractivity contribution in [2.45, 2.75) is 19.4 Å². The highest BCUT2D eigenvalue weighted by Gasteiger charge is 2.12. The molecule has 0 amide bonds. The molecule has 0 atom stereocenters. The minimum absolute atomic E-state index is 0.394. The summed E-state index contributed by atoms with van der Waals surface area (Å²) in [7, 11) is 0. The molecule has 3 rings (SSSR count). The Labute approximate surface area is 141 Å². The standard InChI is InChI=1S/C19H18N4O/c20-14-18-19(12-7-13-24-17-10-5-2-6-11-17)23(22-21-18)15-16-8-3-1-4-9-16/h1-6,8-11H,7,12-13,15H2. The molecule has 1 heterocycles. The minimum Gasteiger partial charge on any atom is -0.494 e. The van der Waals surface area contributed by atoms with Crippen LogP contribution in [0.15, 0.2) is 60.7 Å². The summed E-state index contributed by atoms with van der Waals surface area (Å²) < 4.78 is 7.50. The summed E-state index contributed by atoms with van der Waals surface area (Å²) in [6, 6.07) is 21.9. The topological polar surface area (TPSA) is 63.7 Å². The maximum atomic E-state index is 9.24. The molecule has 0 fully saturated rings. The molecule has 120 valence electrons. The van der Waals surface area contributed by atoms with Crippen LogP contribution in [0.4, 0.5) is 0 Å². The van der Waals surface area contributed by atoms with E-state index >= 15 is 0 Å². The van der Waals surface area contributed by atoms with Gasteiger partial charge >= 0.3 is 0 Å². The molecule has 0 aliphatic heterocycles. The van der Waals surface area contributed by atoms with E-state index in [-0.39, 0.29) is 0 Å². The number of rotatable bonds is 7. The zero-order valence-corrected chi connectivity index (χ0v) is 13.3. The van der Waals surface area contributed by atoms with E-state index in [0.29, 0.717) is 25.3 Å². The smallest absolute Gasteiger partial charge is 0.185 e. The molecule has 0 N–H and O–H groups in total. The predicted molar refractivity (Wildman–Crippen MR) is 90.5 cm³/mol. The molecule has 0 saturated carbocycles. The SMILES string of the molecule is N#Cc1nnn(Cc2ccccc2)c1CCCOc1ccccc1. The molecular weight excluding hydrogens is 300 g/mol. The highest BCUT2D eigenvalue weighted by Crippen LogP contribution is 2.12. The fourth-order valence-corrected chi connectivity index (χ4v) is 2.50. The number of nitrogens with zero attached hydrogens (tertiary/aromatic N) is 4. The summed E-state index contributed by atoms with van der Waals surface area (Å²) in [6.07, 6.45) is 1.50. The van der Waals surface area contributed by atoms with Crippen LogP contribution in [-0.4, -0.2) is 21.6 Å². The first kappa shape index (κ1) is 15.8. The van der Waals surface area contributed by atoms with E-state index in [1.54, 1.807) is 4.68 Å². The Morgan fingerprint density at radius 1 is 1.00 bits per heavy atom. The molecule has 0 unspecified atom stereocenters. The molecule has 0 bridgehead atoms. The number of aromatic nitrogens is 3. The second-order valence-corrected chi connectivity index (χ2v) is 5.40. The van der Waals surface area contributed by atoms with Crippen molar-refractivity contribution >= 4 is 0 Å². The average Bonchev–Trinajstić information content (AvgIpc) is 3.02. The van der Waals surface area contributed by atoms with E-state index < -0.39 is 0 Å². The molecule has 0 spiro atoms. The number of nitriles is 1. The summed E-state index contributed by atoms with van der Waals surface area (Å²) >= 11 is 0. The van der Waals surface area contributed by atoms with E-state index in [0.717, 1.165) is 23.4 Å². The Balaban J connectivity index is 1.62. The molecule has 0 aliphatic carbocycles. The zero-order valence-electron chi connectivity index (χ0n) is 13.3. The second kappa shape index (κ2) is 7.93. The van der Waals surface area contributed by atoms with Crippen molar-refractivity contribution < 1.29 is 4.74 Å². The van der Waals surface area contributed by atoms with Crippen LogP contribution in [0.25, 0.3) is 0 Å². The molecule has 2 aromatic carbocycles. The van der Waals surface area contributed by atoms with E-state index in [2.05, 4.69) is 16.4 Å². The zero-order chi connectivity index (χ0) is 16.6. The third-order valence-electron chi connectivity index (χ3n) is 3.69. The van der Waals surface area contributed by atoms with Crippen LogP contribution in [0.3, 0.4) is 0 Å². The van der Waals surface area contributed by atoms with Gasteiger partial charge in [-0.25, -0.2) is 4.68 Å². The molecule has 0 aliphatic rings. The first-order valence-corrected chi connectivity index (χ1v) is 7.91. The van der Waals surface area contributed by atoms with Crippen molar-refractivity contribution in [3.8, 4) is 11.8 Å². The maximum absolute atomic E-state index is 9.24. The lowest BCUT2D eigenvalue weighted by Gasteiger charge is -2.08. The molecular formula is C19H18N4O. The van der Waals surface area contributed by atoms with Gasteiger partial charge in [0.15, 0.2) is 5.69 Å². The van der Waals surface area contributed by atoms with Crippen molar-refractivity contribution in [1.82, 2.24) is 15.0 Å². The van der Waals surface area contributed by atoms with Gasteiger partial charge in [-0.15, -0.1) is 5.10 Å². The Morgan fingerprint density at radius 3 is 2.42 bits per heavy atom. The van der Waals surface area contributed by atoms with Crippen LogP contribution < -0.4 is 4.74 Å². The Hall–Kier alpha value is -3.13. The van der Waals surface area contributed by atoms with Gasteiger partial charge in [-0.2, -0.15) is 5.26 Å². The third kappa shape index (κ3) is 3.99. The molecule has 0 saturated heterocycles. The summed E-state index contributed by atoms with van der Waals surface area (Å²) in [5, 5.41) is 17.3. The van der Waals surface area contributed by atoms with Gasteiger partial charge in [-0.3, -0.25) is 0 Å². The van der Waals surface area contributed by atoms with Crippen LogP contribution in [0.2, 0.25) is 0 Å². The molecule has 5 nitrogen and oxygen atoms in total. The van der Waals surface area contributed by atoms with Crippen LogP contribution in [0.1, 0.15) is 23.4 Å². The second-order valence-electron chi connectivity index (χ2n) is 5.40. The Bertz CT molecular complexity index is 806. The number of para-hydroxylation sites is 1. The number of hydrogen-bond acceptors (Lipinski definition) is 4. The summed E-state index contributed by atoms with van der Waals surface area (Å²) in [5.74, 6) is 0.855. The monoisotopic (exact) mass is 318 g/mol. The van der Waals surface area contributed by atoms with Gasteiger partial charge in [0.1, 0.15) is 11.8 Å². The highest BCUT2D eigenvalue weighted by molar-refractivity contribution is 5.26. The number of hydrogen-bond donors (Lipinski definition) is 0. The van der Waals surface area contributed by atoms with Crippen LogP contribution in [-0.2, 0) is 13.0 Å². The molecule has 24 heavy (non-hydrogen) atoms. The number of benzene rings is 2. The fourth-order valence-electron chi connectivity index (χ4n) is 2.50. The van der Waals surface area contributed by atoms with Crippen LogP contribution in [0, 0.1) is 11.3 Å². The first-order chi connectivity index (χ1) is 11.9. The Kier molecular flexibility index (Phi) is 5.21. The van der Waals surface area contributed by atoms with Crippen LogP contribution in [0.5, 0.6) is 5.75 Å². The largest absolute Gasteiger partial charge is 0.494 e. The van der Waals surface area contributed by atoms with Gasteiger partial charge in [0, 0.05) is 0 Å². The van der Waals surface area contributed by atoms with E-state index in [4.69, 9.17) is 4.74 Å². The van der Waals surface area contributed by atoms with Crippen molar-refractivity contribution in [3.63, 3.8) is 0 Å². The Morgan fingerprint density at radius 2 is 1.71 bits per heavy atom. The van der Waals surface area contributed by atoms with Crippen molar-refractivity contribution in [3.05, 3.63) is 77.6 Å². The lowest BCUT2D eigenvalue weighted by atomic mass is 10.2. The van der Waals surface area contributed by atoms with Crippen LogP contribution >= 0.6 is 0 Å². The third-order valence-corrected chi connectivity index (χ3v) is 3.69. The van der Waals surface area contributed by atoms with E-state index in [1.807, 2.05) is 60.7 Å². The van der Waals surface area contributed by atoms with E-state index in [1.165, 1.54) is 0 Å². The van der Waals surface area contributed by atoms with Gasteiger partial charge in [0.2, 0.25) is 0 Å². The fraction of sp³-hybridized carbons (Fsp3) is 0.211. The summed E-state index contributed by atoms with van der Waals surface area (Å²) in [4.78, 5) is 0. The minimum atomic E-state index is 0.394. The molecule has 5 heteroatoms. The van der Waals surface area contributed by atoms with Crippen molar-refractivity contribution in [2.24, 2.45) is 0 Å². The molecule has 1 aromatic heterocycles. The van der Waals surface area contributed by atoms with E-state index in [9.17, 15) is 5.26 Å². The van der Waals surface area contributed by atoms with Crippen molar-refractivity contribution in [2.75, 3.05) is 6.61 Å². The summed E-state index contributed by atoms with van der Waals surface area (Å²) in [5.41, 5.74) is 2.39. The predicted octanol–water partition coefficient (Wildman–Crippen LogP) is 3.21. The van der Waals surface area contributed by atoms with Crippen molar-refractivity contribution in [1.29, 1.82) is 5.26 Å². The van der Waals surface area contributed by atoms with Gasteiger partial charge < -0.3 is 4.74 Å². The highest BCUT2D eigenvalue weighted by atomic mass is 16.5. The number of ether oxygens (including phenoxy) is 1.